The van der Waals surface area contributed by atoms with Crippen molar-refractivity contribution in [1.29, 1.82) is 0 Å². The van der Waals surface area contributed by atoms with E-state index in [2.05, 4.69) is 56.2 Å². The predicted octanol–water partition coefficient (Wildman–Crippen LogP) is 1.30. The highest BCUT2D eigenvalue weighted by molar-refractivity contribution is 5.75. The van der Waals surface area contributed by atoms with Gasteiger partial charge in [-0.2, -0.15) is 0 Å². The number of rotatable bonds is 4. The second-order valence-corrected chi connectivity index (χ2v) is 3.54. The molecule has 0 aliphatic rings. The molecule has 14 heavy (non-hydrogen) atoms. The van der Waals surface area contributed by atoms with E-state index in [4.69, 9.17) is 0 Å². The molecule has 3 nitrogen and oxygen atoms in total. The van der Waals surface area contributed by atoms with Crippen LogP contribution in [-0.2, 0) is 0 Å². The van der Waals surface area contributed by atoms with Crippen LogP contribution in [0.1, 0.15) is 27.7 Å². The number of hydrogen-bond acceptors (Lipinski definition) is 0. The summed E-state index contributed by atoms with van der Waals surface area (Å²) in [6, 6.07) is 0. The maximum absolute atomic E-state index is 2.40. The summed E-state index contributed by atoms with van der Waals surface area (Å²) in [7, 11) is 4.23. The average Bonchev–Trinajstić information content (AvgIpc) is 2.18. The van der Waals surface area contributed by atoms with Crippen LogP contribution < -0.4 is 0 Å². The summed E-state index contributed by atoms with van der Waals surface area (Å²) in [5, 5.41) is 0. The molecule has 84 valence electrons. The molecule has 0 aliphatic carbocycles. The van der Waals surface area contributed by atoms with Crippen LogP contribution in [0.3, 0.4) is 0 Å². The van der Waals surface area contributed by atoms with Gasteiger partial charge >= 0.3 is 5.96 Å². The summed E-state index contributed by atoms with van der Waals surface area (Å²) >= 11 is 0. The van der Waals surface area contributed by atoms with Gasteiger partial charge in [0.2, 0.25) is 0 Å². The third-order valence-electron chi connectivity index (χ3n) is 2.49. The Morgan fingerprint density at radius 2 is 1.07 bits per heavy atom. The Morgan fingerprint density at radius 3 is 1.21 bits per heavy atom. The fraction of sp³-hybridized carbons (Fsp3) is 0.909. The molecule has 0 aromatic carbocycles. The summed E-state index contributed by atoms with van der Waals surface area (Å²) < 4.78 is 2.21. The summed E-state index contributed by atoms with van der Waals surface area (Å²) in [6.07, 6.45) is 0. The number of hydrogen-bond donors (Lipinski definition) is 0. The molecule has 0 fully saturated rings. The summed E-state index contributed by atoms with van der Waals surface area (Å²) in [5.74, 6) is 1.33. The van der Waals surface area contributed by atoms with Crippen molar-refractivity contribution in [2.45, 2.75) is 27.7 Å². The molecule has 0 aliphatic heterocycles. The van der Waals surface area contributed by atoms with Crippen molar-refractivity contribution in [3.8, 4) is 0 Å². The maximum atomic E-state index is 2.40. The zero-order valence-corrected chi connectivity index (χ0v) is 10.7. The van der Waals surface area contributed by atoms with Crippen LogP contribution in [0.15, 0.2) is 0 Å². The van der Waals surface area contributed by atoms with Gasteiger partial charge in [-0.05, 0) is 27.7 Å². The number of guanidine groups is 1. The lowest BCUT2D eigenvalue weighted by atomic mass is 10.4. The van der Waals surface area contributed by atoms with E-state index >= 15 is 0 Å². The van der Waals surface area contributed by atoms with E-state index in [-0.39, 0.29) is 0 Å². The minimum atomic E-state index is 1.07. The van der Waals surface area contributed by atoms with Crippen molar-refractivity contribution in [3.63, 3.8) is 0 Å². The summed E-state index contributed by atoms with van der Waals surface area (Å²) in [6.45, 7) is 13.1. The molecule has 3 heteroatoms. The van der Waals surface area contributed by atoms with Gasteiger partial charge in [-0.3, -0.25) is 14.4 Å². The van der Waals surface area contributed by atoms with Crippen LogP contribution in [0.4, 0.5) is 0 Å². The SMILES string of the molecule is CCN(CC)C(N(CC)CC)=[N+](C)C. The first kappa shape index (κ1) is 13.3. The third-order valence-corrected chi connectivity index (χ3v) is 2.49. The fourth-order valence-corrected chi connectivity index (χ4v) is 1.78. The smallest absolute Gasteiger partial charge is 0.270 e. The molecular weight excluding hydrogens is 174 g/mol. The maximum Gasteiger partial charge on any atom is 0.349 e. The van der Waals surface area contributed by atoms with Crippen LogP contribution in [0, 0.1) is 0 Å². The highest BCUT2D eigenvalue weighted by atomic mass is 15.4. The molecule has 0 N–H and O–H groups in total. The van der Waals surface area contributed by atoms with Crippen molar-refractivity contribution >= 4 is 5.96 Å². The van der Waals surface area contributed by atoms with Gasteiger partial charge in [0.05, 0.1) is 40.3 Å². The minimum Gasteiger partial charge on any atom is -0.270 e. The van der Waals surface area contributed by atoms with E-state index in [1.807, 2.05) is 0 Å². The normalized spacial score (nSPS) is 9.86. The van der Waals surface area contributed by atoms with Crippen molar-refractivity contribution in [2.75, 3.05) is 40.3 Å². The van der Waals surface area contributed by atoms with Gasteiger partial charge in [-0.15, -0.1) is 0 Å². The van der Waals surface area contributed by atoms with Crippen LogP contribution in [0.2, 0.25) is 0 Å². The van der Waals surface area contributed by atoms with E-state index in [0.717, 1.165) is 26.2 Å². The monoisotopic (exact) mass is 200 g/mol. The van der Waals surface area contributed by atoms with Crippen LogP contribution >= 0.6 is 0 Å². The first-order valence-electron chi connectivity index (χ1n) is 5.66. The topological polar surface area (TPSA) is 9.49 Å². The zero-order valence-electron chi connectivity index (χ0n) is 10.7. The lowest BCUT2D eigenvalue weighted by Gasteiger charge is -2.26. The lowest BCUT2D eigenvalue weighted by molar-refractivity contribution is -0.476. The largest absolute Gasteiger partial charge is 0.349 e. The Bertz CT molecular complexity index is 161. The van der Waals surface area contributed by atoms with Crippen LogP contribution in [-0.4, -0.2) is 60.6 Å². The quantitative estimate of drug-likeness (QED) is 0.384. The van der Waals surface area contributed by atoms with Crippen molar-refractivity contribution in [1.82, 2.24) is 9.80 Å². The molecule has 0 rings (SSSR count). The van der Waals surface area contributed by atoms with Crippen molar-refractivity contribution in [2.24, 2.45) is 0 Å². The van der Waals surface area contributed by atoms with Gasteiger partial charge in [0.1, 0.15) is 0 Å². The van der Waals surface area contributed by atoms with E-state index in [1.54, 1.807) is 0 Å². The predicted molar refractivity (Wildman–Crippen MR) is 63.0 cm³/mol. The molecule has 0 unspecified atom stereocenters. The molecule has 0 aromatic heterocycles. The van der Waals surface area contributed by atoms with Gasteiger partial charge in [0.15, 0.2) is 0 Å². The molecule has 0 atom stereocenters. The second kappa shape index (κ2) is 6.68. The Morgan fingerprint density at radius 1 is 0.786 bits per heavy atom. The Labute approximate surface area is 89.0 Å². The van der Waals surface area contributed by atoms with E-state index in [0.29, 0.717) is 0 Å². The molecule has 0 saturated carbocycles. The molecule has 0 amide bonds. The van der Waals surface area contributed by atoms with Gasteiger partial charge in [0.25, 0.3) is 0 Å². The molecule has 0 radical (unpaired) electrons. The molecule has 0 saturated heterocycles. The summed E-state index contributed by atoms with van der Waals surface area (Å²) in [5.41, 5.74) is 0. The highest BCUT2D eigenvalue weighted by Crippen LogP contribution is 1.98. The van der Waals surface area contributed by atoms with Crippen LogP contribution in [0.25, 0.3) is 0 Å². The third kappa shape index (κ3) is 3.20. The summed E-state index contributed by atoms with van der Waals surface area (Å²) in [4.78, 5) is 4.79. The van der Waals surface area contributed by atoms with Crippen molar-refractivity contribution < 1.29 is 4.58 Å². The van der Waals surface area contributed by atoms with E-state index < -0.39 is 0 Å². The molecule has 0 heterocycles. The van der Waals surface area contributed by atoms with Gasteiger partial charge in [0, 0.05) is 0 Å². The van der Waals surface area contributed by atoms with Gasteiger partial charge < -0.3 is 0 Å². The van der Waals surface area contributed by atoms with E-state index in [1.165, 1.54) is 5.96 Å². The van der Waals surface area contributed by atoms with E-state index in [9.17, 15) is 0 Å². The Kier molecular flexibility index (Phi) is 6.34. The Balaban J connectivity index is 4.84. The molecule has 0 spiro atoms. The van der Waals surface area contributed by atoms with Gasteiger partial charge in [-0.1, -0.05) is 0 Å². The Hall–Kier alpha value is -0.730. The molecule has 0 bridgehead atoms. The standard InChI is InChI=1S/C11H26N3/c1-7-13(8-2)11(12(5)6)14(9-3)10-4/h7-10H2,1-6H3/q+1. The van der Waals surface area contributed by atoms with Crippen LogP contribution in [0.5, 0.6) is 0 Å². The highest BCUT2D eigenvalue weighted by Gasteiger charge is 2.22. The lowest BCUT2D eigenvalue weighted by Crippen LogP contribution is -2.48. The number of nitrogens with zero attached hydrogens (tertiary/aromatic N) is 3. The minimum absolute atomic E-state index is 1.07. The van der Waals surface area contributed by atoms with Gasteiger partial charge in [-0.25, -0.2) is 0 Å². The average molecular weight is 200 g/mol. The molecular formula is C11H26N3+. The molecule has 0 aromatic rings. The first-order valence-corrected chi connectivity index (χ1v) is 5.66. The van der Waals surface area contributed by atoms with Crippen molar-refractivity contribution in [3.05, 3.63) is 0 Å². The fourth-order valence-electron chi connectivity index (χ4n) is 1.78. The first-order chi connectivity index (χ1) is 6.62. The zero-order chi connectivity index (χ0) is 11.1. The second-order valence-electron chi connectivity index (χ2n) is 3.54.